The molecule has 4 nitrogen and oxygen atoms in total. The van der Waals surface area contributed by atoms with Crippen LogP contribution < -0.4 is 0 Å². The topological polar surface area (TPSA) is 46.1 Å². The highest BCUT2D eigenvalue weighted by Crippen LogP contribution is 2.38. The van der Waals surface area contributed by atoms with E-state index in [-0.39, 0.29) is 5.91 Å². The second kappa shape index (κ2) is 7.82. The predicted octanol–water partition coefficient (Wildman–Crippen LogP) is 5.31. The van der Waals surface area contributed by atoms with Gasteiger partial charge in [0.1, 0.15) is 14.7 Å². The molecule has 1 amide bonds. The van der Waals surface area contributed by atoms with Gasteiger partial charge in [-0.1, -0.05) is 30.3 Å². The molecule has 7 heteroatoms. The lowest BCUT2D eigenvalue weighted by atomic mass is 10.1. The number of benzene rings is 1. The first-order valence-electron chi connectivity index (χ1n) is 8.57. The van der Waals surface area contributed by atoms with Gasteiger partial charge in [0.2, 0.25) is 0 Å². The highest BCUT2D eigenvalue weighted by Gasteiger charge is 2.26. The van der Waals surface area contributed by atoms with Gasteiger partial charge >= 0.3 is 0 Å². The van der Waals surface area contributed by atoms with Crippen LogP contribution in [0.3, 0.4) is 0 Å². The lowest BCUT2D eigenvalue weighted by molar-refractivity contribution is 0.0728. The summed E-state index contributed by atoms with van der Waals surface area (Å²) in [5, 5.41) is 1.95. The third-order valence-electron chi connectivity index (χ3n) is 4.52. The fourth-order valence-electron chi connectivity index (χ4n) is 3.18. The number of aromatic nitrogens is 2. The van der Waals surface area contributed by atoms with Gasteiger partial charge in [-0.15, -0.1) is 23.1 Å². The molecule has 4 rings (SSSR count). The molecule has 0 bridgehead atoms. The maximum atomic E-state index is 13.0. The molecule has 0 saturated carbocycles. The summed E-state index contributed by atoms with van der Waals surface area (Å²) < 4.78 is 0.988. The van der Waals surface area contributed by atoms with Crippen LogP contribution >= 0.6 is 45.7 Å². The van der Waals surface area contributed by atoms with Crippen LogP contribution in [0.25, 0.3) is 21.6 Å². The number of hydrogen-bond donors (Lipinski definition) is 0. The van der Waals surface area contributed by atoms with Gasteiger partial charge in [-0.05, 0) is 48.1 Å². The van der Waals surface area contributed by atoms with Crippen molar-refractivity contribution in [1.29, 1.82) is 0 Å². The van der Waals surface area contributed by atoms with Crippen LogP contribution in [0.15, 0.2) is 35.4 Å². The first kappa shape index (κ1) is 18.2. The Morgan fingerprint density at radius 3 is 2.58 bits per heavy atom. The van der Waals surface area contributed by atoms with Crippen LogP contribution in [-0.2, 0) is 0 Å². The second-order valence-corrected chi connectivity index (χ2v) is 9.07. The van der Waals surface area contributed by atoms with E-state index in [1.807, 2.05) is 41.5 Å². The number of carbonyl (C=O) groups excluding carboxylic acids is 1. The summed E-state index contributed by atoms with van der Waals surface area (Å²) >= 11 is 5.40. The van der Waals surface area contributed by atoms with Crippen molar-refractivity contribution in [2.45, 2.75) is 24.3 Å². The Balaban J connectivity index is 1.82. The Hall–Kier alpha value is -1.19. The van der Waals surface area contributed by atoms with Gasteiger partial charge < -0.3 is 4.90 Å². The van der Waals surface area contributed by atoms with E-state index in [9.17, 15) is 4.79 Å². The van der Waals surface area contributed by atoms with E-state index in [4.69, 9.17) is 9.97 Å². The minimum Gasteiger partial charge on any atom is -0.338 e. The molecule has 0 unspecified atom stereocenters. The van der Waals surface area contributed by atoms with Gasteiger partial charge in [-0.2, -0.15) is 0 Å². The summed E-state index contributed by atoms with van der Waals surface area (Å²) in [6.45, 7) is 1.72. The molecule has 1 saturated heterocycles. The summed E-state index contributed by atoms with van der Waals surface area (Å²) in [7, 11) is 0. The minimum absolute atomic E-state index is 0.144. The molecule has 1 fully saturated rings. The van der Waals surface area contributed by atoms with Gasteiger partial charge in [-0.3, -0.25) is 4.79 Å². The summed E-state index contributed by atoms with van der Waals surface area (Å²) in [5.74, 6) is 0.863. The Morgan fingerprint density at radius 1 is 1.15 bits per heavy atom. The minimum atomic E-state index is 0.144. The second-order valence-electron chi connectivity index (χ2n) is 6.20. The molecule has 134 valence electrons. The molecule has 2 aromatic heterocycles. The normalized spacial score (nSPS) is 14.8. The molecule has 1 aliphatic rings. The molecule has 0 spiro atoms. The number of amides is 1. The summed E-state index contributed by atoms with van der Waals surface area (Å²) in [6, 6.07) is 10.0. The third-order valence-corrected chi connectivity index (χ3v) is 7.72. The fourth-order valence-corrected chi connectivity index (χ4v) is 6.30. The van der Waals surface area contributed by atoms with Gasteiger partial charge in [0.05, 0.1) is 5.39 Å². The smallest absolute Gasteiger partial charge is 0.265 e. The van der Waals surface area contributed by atoms with Crippen molar-refractivity contribution in [2.24, 2.45) is 0 Å². The monoisotopic (exact) mass is 495 g/mol. The number of nitrogens with zero attached hydrogens (tertiary/aromatic N) is 3. The van der Waals surface area contributed by atoms with Crippen LogP contribution in [0, 0.1) is 3.57 Å². The van der Waals surface area contributed by atoms with Gasteiger partial charge in [-0.25, -0.2) is 9.97 Å². The lowest BCUT2D eigenvalue weighted by Gasteiger charge is -2.26. The molecule has 0 radical (unpaired) electrons. The van der Waals surface area contributed by atoms with Crippen LogP contribution in [-0.4, -0.2) is 40.1 Å². The zero-order valence-corrected chi connectivity index (χ0v) is 18.2. The molecule has 0 aliphatic carbocycles. The number of thioether (sulfide) groups is 1. The van der Waals surface area contributed by atoms with Crippen molar-refractivity contribution in [3.05, 3.63) is 38.8 Å². The molecule has 1 aliphatic heterocycles. The highest BCUT2D eigenvalue weighted by atomic mass is 127. The van der Waals surface area contributed by atoms with Crippen LogP contribution in [0.5, 0.6) is 0 Å². The maximum Gasteiger partial charge on any atom is 0.265 e. The summed E-state index contributed by atoms with van der Waals surface area (Å²) in [6.07, 6.45) is 5.44. The first-order valence-corrected chi connectivity index (χ1v) is 11.7. The molecule has 0 atom stereocenters. The number of piperidine rings is 1. The zero-order chi connectivity index (χ0) is 18.1. The van der Waals surface area contributed by atoms with Crippen molar-refractivity contribution in [3.63, 3.8) is 0 Å². The van der Waals surface area contributed by atoms with E-state index < -0.39 is 0 Å². The molecular formula is C19H18IN3OS2. The molecular weight excluding hydrogens is 477 g/mol. The van der Waals surface area contributed by atoms with Crippen molar-refractivity contribution in [3.8, 4) is 11.4 Å². The molecule has 3 aromatic rings. The molecule has 26 heavy (non-hydrogen) atoms. The summed E-state index contributed by atoms with van der Waals surface area (Å²) in [4.78, 5) is 26.3. The average Bonchev–Trinajstić information content (AvgIpc) is 3.04. The van der Waals surface area contributed by atoms with Crippen molar-refractivity contribution in [2.75, 3.05) is 19.3 Å². The number of fused-ring (bicyclic) bond motifs is 1. The zero-order valence-electron chi connectivity index (χ0n) is 14.4. The first-order chi connectivity index (χ1) is 12.7. The fraction of sp³-hybridized carbons (Fsp3) is 0.316. The van der Waals surface area contributed by atoms with E-state index in [0.717, 1.165) is 61.0 Å². The van der Waals surface area contributed by atoms with Gasteiger partial charge in [0.15, 0.2) is 5.82 Å². The van der Waals surface area contributed by atoms with Crippen LogP contribution in [0.1, 0.15) is 28.9 Å². The molecule has 0 N–H and O–H groups in total. The Labute approximate surface area is 174 Å². The highest BCUT2D eigenvalue weighted by molar-refractivity contribution is 14.1. The van der Waals surface area contributed by atoms with E-state index in [1.165, 1.54) is 17.8 Å². The summed E-state index contributed by atoms with van der Waals surface area (Å²) in [5.41, 5.74) is 0.997. The largest absolute Gasteiger partial charge is 0.338 e. The SMILES string of the molecule is CSc1nc(-c2ccccc2)nc2sc(C(=O)N3CCCCC3)c(I)c12. The number of carbonyl (C=O) groups is 1. The van der Waals surface area contributed by atoms with Crippen molar-refractivity contribution < 1.29 is 4.79 Å². The van der Waals surface area contributed by atoms with E-state index in [1.54, 1.807) is 11.8 Å². The predicted molar refractivity (Wildman–Crippen MR) is 117 cm³/mol. The van der Waals surface area contributed by atoms with Crippen molar-refractivity contribution in [1.82, 2.24) is 14.9 Å². The van der Waals surface area contributed by atoms with Crippen LogP contribution in [0.4, 0.5) is 0 Å². The lowest BCUT2D eigenvalue weighted by Crippen LogP contribution is -2.35. The van der Waals surface area contributed by atoms with E-state index in [2.05, 4.69) is 22.6 Å². The molecule has 1 aromatic carbocycles. The van der Waals surface area contributed by atoms with E-state index in [0.29, 0.717) is 0 Å². The van der Waals surface area contributed by atoms with E-state index >= 15 is 0 Å². The number of hydrogen-bond acceptors (Lipinski definition) is 5. The number of likely N-dealkylation sites (tertiary alicyclic amines) is 1. The standard InChI is InChI=1S/C19H18IN3OS2/c1-25-17-13-14(20)15(19(24)23-10-6-3-7-11-23)26-18(13)22-16(21-17)12-8-4-2-5-9-12/h2,4-5,8-9H,3,6-7,10-11H2,1H3. The van der Waals surface area contributed by atoms with Crippen molar-refractivity contribution >= 4 is 61.8 Å². The van der Waals surface area contributed by atoms with Gasteiger partial charge in [0, 0.05) is 22.2 Å². The Bertz CT molecular complexity index is 952. The average molecular weight is 495 g/mol. The number of halogens is 1. The maximum absolute atomic E-state index is 13.0. The number of thiophene rings is 1. The Kier molecular flexibility index (Phi) is 5.47. The third kappa shape index (κ3) is 3.36. The number of rotatable bonds is 3. The Morgan fingerprint density at radius 2 is 1.88 bits per heavy atom. The van der Waals surface area contributed by atoms with Gasteiger partial charge in [0.25, 0.3) is 5.91 Å². The molecule has 3 heterocycles. The van der Waals surface area contributed by atoms with Crippen LogP contribution in [0.2, 0.25) is 0 Å². The quantitative estimate of drug-likeness (QED) is 0.281.